The zero-order chi connectivity index (χ0) is 23.4. The van der Waals surface area contributed by atoms with E-state index in [1.54, 1.807) is 31.2 Å². The lowest BCUT2D eigenvalue weighted by atomic mass is 10.1. The lowest BCUT2D eigenvalue weighted by Gasteiger charge is -2.26. The fourth-order valence-corrected chi connectivity index (χ4v) is 4.88. The van der Waals surface area contributed by atoms with E-state index in [-0.39, 0.29) is 23.5 Å². The molecule has 0 unspecified atom stereocenters. The van der Waals surface area contributed by atoms with Crippen LogP contribution >= 0.6 is 0 Å². The molecule has 2 heterocycles. The van der Waals surface area contributed by atoms with Crippen LogP contribution in [-0.4, -0.2) is 70.7 Å². The van der Waals surface area contributed by atoms with E-state index in [1.165, 1.54) is 16.4 Å². The fraction of sp³-hybridized carbons (Fsp3) is 0.364. The molecular formula is C22H24N2O8S. The molecule has 0 saturated carbocycles. The molecule has 0 bridgehead atoms. The van der Waals surface area contributed by atoms with Gasteiger partial charge < -0.3 is 24.3 Å². The normalized spacial score (nSPS) is 16.2. The molecule has 1 N–H and O–H groups in total. The molecule has 0 spiro atoms. The predicted molar refractivity (Wildman–Crippen MR) is 117 cm³/mol. The molecule has 2 aromatic carbocycles. The van der Waals surface area contributed by atoms with Crippen LogP contribution in [0.4, 0.5) is 5.69 Å². The highest BCUT2D eigenvalue weighted by molar-refractivity contribution is 7.89. The molecule has 2 aliphatic heterocycles. The first-order valence-corrected chi connectivity index (χ1v) is 11.8. The SMILES string of the molecule is Cc1ccc(S(=O)(=O)N2CCOCC2)cc1C(=O)OCC(=O)Nc1ccc2c(c1)OCCO2. The van der Waals surface area contributed by atoms with Crippen molar-refractivity contribution in [3.05, 3.63) is 47.5 Å². The van der Waals surface area contributed by atoms with Crippen molar-refractivity contribution in [3.8, 4) is 11.5 Å². The first-order valence-electron chi connectivity index (χ1n) is 10.4. The van der Waals surface area contributed by atoms with Crippen LogP contribution in [0.15, 0.2) is 41.3 Å². The lowest BCUT2D eigenvalue weighted by molar-refractivity contribution is -0.119. The van der Waals surface area contributed by atoms with Crippen molar-refractivity contribution in [1.29, 1.82) is 0 Å². The number of hydrogen-bond donors (Lipinski definition) is 1. The predicted octanol–water partition coefficient (Wildman–Crippen LogP) is 1.58. The third kappa shape index (κ3) is 5.27. The smallest absolute Gasteiger partial charge is 0.338 e. The second-order valence-corrected chi connectivity index (χ2v) is 9.41. The third-order valence-electron chi connectivity index (χ3n) is 5.20. The number of nitrogens with one attached hydrogen (secondary N) is 1. The number of ether oxygens (including phenoxy) is 4. The molecule has 2 aliphatic rings. The van der Waals surface area contributed by atoms with Gasteiger partial charge in [0.05, 0.1) is 23.7 Å². The number of rotatable bonds is 6. The number of carbonyl (C=O) groups is 2. The van der Waals surface area contributed by atoms with Crippen LogP contribution in [0.25, 0.3) is 0 Å². The molecular weight excluding hydrogens is 452 g/mol. The van der Waals surface area contributed by atoms with Gasteiger partial charge in [0.1, 0.15) is 13.2 Å². The van der Waals surface area contributed by atoms with Gasteiger partial charge in [0.25, 0.3) is 5.91 Å². The number of hydrogen-bond acceptors (Lipinski definition) is 8. The van der Waals surface area contributed by atoms with Crippen molar-refractivity contribution >= 4 is 27.6 Å². The van der Waals surface area contributed by atoms with Gasteiger partial charge in [0.15, 0.2) is 18.1 Å². The van der Waals surface area contributed by atoms with Gasteiger partial charge in [0, 0.05) is 24.8 Å². The molecule has 0 aliphatic carbocycles. The third-order valence-corrected chi connectivity index (χ3v) is 7.09. The number of amides is 1. The first-order chi connectivity index (χ1) is 15.8. The molecule has 0 atom stereocenters. The van der Waals surface area contributed by atoms with Crippen LogP contribution in [0.1, 0.15) is 15.9 Å². The number of aryl methyl sites for hydroxylation is 1. The highest BCUT2D eigenvalue weighted by Crippen LogP contribution is 2.32. The number of sulfonamides is 1. The van der Waals surface area contributed by atoms with Crippen molar-refractivity contribution in [2.45, 2.75) is 11.8 Å². The number of carbonyl (C=O) groups excluding carboxylic acids is 2. The summed E-state index contributed by atoms with van der Waals surface area (Å²) in [7, 11) is -3.77. The first kappa shape index (κ1) is 23.0. The second-order valence-electron chi connectivity index (χ2n) is 7.48. The topological polar surface area (TPSA) is 120 Å². The molecule has 2 aromatic rings. The van der Waals surface area contributed by atoms with Gasteiger partial charge in [-0.2, -0.15) is 4.31 Å². The molecule has 1 fully saturated rings. The van der Waals surface area contributed by atoms with Crippen molar-refractivity contribution < 1.29 is 37.0 Å². The lowest BCUT2D eigenvalue weighted by Crippen LogP contribution is -2.40. The molecule has 0 aromatic heterocycles. The summed E-state index contributed by atoms with van der Waals surface area (Å²) in [6.45, 7) is 3.14. The number of benzene rings is 2. The Morgan fingerprint density at radius 3 is 2.48 bits per heavy atom. The Morgan fingerprint density at radius 2 is 1.73 bits per heavy atom. The Labute approximate surface area is 191 Å². The highest BCUT2D eigenvalue weighted by atomic mass is 32.2. The maximum absolute atomic E-state index is 12.9. The van der Waals surface area contributed by atoms with Gasteiger partial charge >= 0.3 is 5.97 Å². The Kier molecular flexibility index (Phi) is 6.82. The van der Waals surface area contributed by atoms with Crippen LogP contribution < -0.4 is 14.8 Å². The van der Waals surface area contributed by atoms with Crippen LogP contribution in [0.2, 0.25) is 0 Å². The quantitative estimate of drug-likeness (QED) is 0.624. The largest absolute Gasteiger partial charge is 0.486 e. The minimum Gasteiger partial charge on any atom is -0.486 e. The number of anilines is 1. The molecule has 33 heavy (non-hydrogen) atoms. The molecule has 1 amide bonds. The fourth-order valence-electron chi connectivity index (χ4n) is 3.44. The molecule has 1 saturated heterocycles. The van der Waals surface area contributed by atoms with E-state index in [0.29, 0.717) is 49.2 Å². The van der Waals surface area contributed by atoms with Gasteiger partial charge in [-0.15, -0.1) is 0 Å². The minimum atomic E-state index is -3.77. The summed E-state index contributed by atoms with van der Waals surface area (Å²) < 4.78 is 48.3. The number of esters is 1. The minimum absolute atomic E-state index is 0.0114. The van der Waals surface area contributed by atoms with E-state index in [9.17, 15) is 18.0 Å². The van der Waals surface area contributed by atoms with Crippen molar-refractivity contribution in [3.63, 3.8) is 0 Å². The van der Waals surface area contributed by atoms with Crippen LogP contribution in [-0.2, 0) is 24.3 Å². The molecule has 4 rings (SSSR count). The maximum Gasteiger partial charge on any atom is 0.338 e. The van der Waals surface area contributed by atoms with Gasteiger partial charge in [0.2, 0.25) is 10.0 Å². The summed E-state index contributed by atoms with van der Waals surface area (Å²) in [5, 5.41) is 2.63. The van der Waals surface area contributed by atoms with E-state index < -0.39 is 28.5 Å². The maximum atomic E-state index is 12.9. The average molecular weight is 477 g/mol. The van der Waals surface area contributed by atoms with Crippen LogP contribution in [0.5, 0.6) is 11.5 Å². The molecule has 0 radical (unpaired) electrons. The Morgan fingerprint density at radius 1 is 1.00 bits per heavy atom. The Bertz CT molecular complexity index is 1160. The van der Waals surface area contributed by atoms with E-state index in [0.717, 1.165) is 0 Å². The average Bonchev–Trinajstić information content (AvgIpc) is 2.83. The monoisotopic (exact) mass is 476 g/mol. The highest BCUT2D eigenvalue weighted by Gasteiger charge is 2.27. The van der Waals surface area contributed by atoms with Crippen LogP contribution in [0, 0.1) is 6.92 Å². The van der Waals surface area contributed by atoms with E-state index >= 15 is 0 Å². The van der Waals surface area contributed by atoms with Gasteiger partial charge in [-0.25, -0.2) is 13.2 Å². The number of fused-ring (bicyclic) bond motifs is 1. The molecule has 11 heteroatoms. The van der Waals surface area contributed by atoms with Gasteiger partial charge in [-0.3, -0.25) is 4.79 Å². The summed E-state index contributed by atoms with van der Waals surface area (Å²) in [5.74, 6) is -0.225. The van der Waals surface area contributed by atoms with Crippen molar-refractivity contribution in [1.82, 2.24) is 4.31 Å². The Balaban J connectivity index is 1.40. The summed E-state index contributed by atoms with van der Waals surface area (Å²) in [4.78, 5) is 24.8. The van der Waals surface area contributed by atoms with E-state index in [1.807, 2.05) is 0 Å². The number of nitrogens with zero attached hydrogens (tertiary/aromatic N) is 1. The molecule has 10 nitrogen and oxygen atoms in total. The van der Waals surface area contributed by atoms with E-state index in [4.69, 9.17) is 18.9 Å². The summed E-state index contributed by atoms with van der Waals surface area (Å²) in [5.41, 5.74) is 1.08. The standard InChI is InChI=1S/C22H24N2O8S/c1-15-2-4-17(33(27,28)24-6-8-29-9-7-24)13-18(15)22(26)32-14-21(25)23-16-3-5-19-20(12-16)31-11-10-30-19/h2-5,12-13H,6-11,14H2,1H3,(H,23,25). The van der Waals surface area contributed by atoms with E-state index in [2.05, 4.69) is 5.32 Å². The zero-order valence-corrected chi connectivity index (χ0v) is 18.9. The Hall–Kier alpha value is -3.15. The summed E-state index contributed by atoms with van der Waals surface area (Å²) in [6.07, 6.45) is 0. The zero-order valence-electron chi connectivity index (χ0n) is 18.0. The second kappa shape index (κ2) is 9.77. The summed E-state index contributed by atoms with van der Waals surface area (Å²) in [6, 6.07) is 9.22. The van der Waals surface area contributed by atoms with Crippen molar-refractivity contribution in [2.75, 3.05) is 51.4 Å². The van der Waals surface area contributed by atoms with Gasteiger partial charge in [-0.05, 0) is 36.8 Å². The number of morpholine rings is 1. The van der Waals surface area contributed by atoms with Crippen molar-refractivity contribution in [2.24, 2.45) is 0 Å². The summed E-state index contributed by atoms with van der Waals surface area (Å²) >= 11 is 0. The molecule has 176 valence electrons. The van der Waals surface area contributed by atoms with Crippen LogP contribution in [0.3, 0.4) is 0 Å². The van der Waals surface area contributed by atoms with Gasteiger partial charge in [-0.1, -0.05) is 6.07 Å².